The lowest BCUT2D eigenvalue weighted by atomic mass is 9.80. The summed E-state index contributed by atoms with van der Waals surface area (Å²) in [5, 5.41) is 17.9. The summed E-state index contributed by atoms with van der Waals surface area (Å²) in [5.74, 6) is -1.51. The second-order valence-corrected chi connectivity index (χ2v) is 5.45. The zero-order chi connectivity index (χ0) is 15.4. The average molecular weight is 286 g/mol. The fourth-order valence-electron chi connectivity index (χ4n) is 2.80. The SMILES string of the molecule is CN(C(=O)C1CCCC(C(=O)O)C1)c1ccc(C#N)cc1. The van der Waals surface area contributed by atoms with Gasteiger partial charge in [-0.05, 0) is 43.5 Å². The first-order valence-corrected chi connectivity index (χ1v) is 7.03. The summed E-state index contributed by atoms with van der Waals surface area (Å²) in [6.07, 6.45) is 2.58. The van der Waals surface area contributed by atoms with Crippen molar-refractivity contribution in [3.8, 4) is 6.07 Å². The Bertz CT molecular complexity index is 574. The van der Waals surface area contributed by atoms with Gasteiger partial charge in [0.2, 0.25) is 5.91 Å². The van der Waals surface area contributed by atoms with Gasteiger partial charge in [-0.25, -0.2) is 0 Å². The zero-order valence-electron chi connectivity index (χ0n) is 12.0. The van der Waals surface area contributed by atoms with E-state index in [0.717, 1.165) is 18.5 Å². The first kappa shape index (κ1) is 15.0. The van der Waals surface area contributed by atoms with Crippen molar-refractivity contribution in [2.45, 2.75) is 25.7 Å². The second-order valence-electron chi connectivity index (χ2n) is 5.45. The Morgan fingerprint density at radius 1 is 1.24 bits per heavy atom. The van der Waals surface area contributed by atoms with Crippen LogP contribution in [0.4, 0.5) is 5.69 Å². The van der Waals surface area contributed by atoms with E-state index in [0.29, 0.717) is 18.4 Å². The molecule has 0 bridgehead atoms. The molecular formula is C16H18N2O3. The number of nitriles is 1. The highest BCUT2D eigenvalue weighted by Gasteiger charge is 2.32. The molecule has 1 saturated carbocycles. The van der Waals surface area contributed by atoms with Crippen LogP contribution < -0.4 is 4.90 Å². The second kappa shape index (κ2) is 6.40. The highest BCUT2D eigenvalue weighted by atomic mass is 16.4. The van der Waals surface area contributed by atoms with Gasteiger partial charge in [0, 0.05) is 18.7 Å². The van der Waals surface area contributed by atoms with Crippen LogP contribution in [-0.2, 0) is 9.59 Å². The number of anilines is 1. The quantitative estimate of drug-likeness (QED) is 0.925. The van der Waals surface area contributed by atoms with Gasteiger partial charge in [0.15, 0.2) is 0 Å². The molecule has 1 aliphatic rings. The van der Waals surface area contributed by atoms with E-state index in [1.165, 1.54) is 0 Å². The molecule has 0 heterocycles. The van der Waals surface area contributed by atoms with Crippen LogP contribution in [0.3, 0.4) is 0 Å². The van der Waals surface area contributed by atoms with Crippen LogP contribution in [0.1, 0.15) is 31.2 Å². The molecule has 5 nitrogen and oxygen atoms in total. The van der Waals surface area contributed by atoms with Crippen molar-refractivity contribution in [1.29, 1.82) is 5.26 Å². The Balaban J connectivity index is 2.07. The standard InChI is InChI=1S/C16H18N2O3/c1-18(14-7-5-11(10-17)6-8-14)15(19)12-3-2-4-13(9-12)16(20)21/h5-8,12-13H,2-4,9H2,1H3,(H,20,21). The molecule has 0 radical (unpaired) electrons. The van der Waals surface area contributed by atoms with Crippen LogP contribution in [0.25, 0.3) is 0 Å². The number of amides is 1. The third-order valence-corrected chi connectivity index (χ3v) is 4.09. The summed E-state index contributed by atoms with van der Waals surface area (Å²) >= 11 is 0. The molecule has 1 aromatic carbocycles. The van der Waals surface area contributed by atoms with E-state index in [1.54, 1.807) is 36.2 Å². The molecular weight excluding hydrogens is 268 g/mol. The predicted molar refractivity (Wildman–Crippen MR) is 77.7 cm³/mol. The van der Waals surface area contributed by atoms with Crippen LogP contribution in [0, 0.1) is 23.2 Å². The normalized spacial score (nSPS) is 21.3. The van der Waals surface area contributed by atoms with Gasteiger partial charge in [0.25, 0.3) is 0 Å². The Morgan fingerprint density at radius 3 is 2.43 bits per heavy atom. The van der Waals surface area contributed by atoms with Crippen LogP contribution in [0.5, 0.6) is 0 Å². The number of nitrogens with zero attached hydrogens (tertiary/aromatic N) is 2. The van der Waals surface area contributed by atoms with Crippen molar-refractivity contribution in [2.75, 3.05) is 11.9 Å². The molecule has 1 fully saturated rings. The topological polar surface area (TPSA) is 81.4 Å². The molecule has 1 aliphatic carbocycles. The molecule has 2 atom stereocenters. The first-order valence-electron chi connectivity index (χ1n) is 7.03. The molecule has 0 aromatic heterocycles. The summed E-state index contributed by atoms with van der Waals surface area (Å²) in [4.78, 5) is 25.1. The number of carbonyl (C=O) groups excluding carboxylic acids is 1. The molecule has 1 amide bonds. The summed E-state index contributed by atoms with van der Waals surface area (Å²) in [5.41, 5.74) is 1.26. The molecule has 0 saturated heterocycles. The number of hydrogen-bond donors (Lipinski definition) is 1. The van der Waals surface area contributed by atoms with Crippen LogP contribution in [0.15, 0.2) is 24.3 Å². The molecule has 2 rings (SSSR count). The summed E-state index contributed by atoms with van der Waals surface area (Å²) in [6.45, 7) is 0. The molecule has 1 N–H and O–H groups in total. The van der Waals surface area contributed by atoms with E-state index in [9.17, 15) is 9.59 Å². The van der Waals surface area contributed by atoms with Crippen LogP contribution >= 0.6 is 0 Å². The Labute approximate surface area is 123 Å². The third-order valence-electron chi connectivity index (χ3n) is 4.09. The maximum atomic E-state index is 12.5. The van der Waals surface area contributed by atoms with Crippen LogP contribution in [-0.4, -0.2) is 24.0 Å². The van der Waals surface area contributed by atoms with Crippen molar-refractivity contribution < 1.29 is 14.7 Å². The van der Waals surface area contributed by atoms with E-state index in [1.807, 2.05) is 6.07 Å². The van der Waals surface area contributed by atoms with Crippen molar-refractivity contribution in [2.24, 2.45) is 11.8 Å². The average Bonchev–Trinajstić information content (AvgIpc) is 2.53. The molecule has 21 heavy (non-hydrogen) atoms. The van der Waals surface area contributed by atoms with Gasteiger partial charge < -0.3 is 10.0 Å². The Kier molecular flexibility index (Phi) is 4.59. The van der Waals surface area contributed by atoms with Crippen molar-refractivity contribution in [3.63, 3.8) is 0 Å². The van der Waals surface area contributed by atoms with E-state index >= 15 is 0 Å². The minimum atomic E-state index is -0.812. The van der Waals surface area contributed by atoms with E-state index in [4.69, 9.17) is 10.4 Å². The van der Waals surface area contributed by atoms with E-state index < -0.39 is 11.9 Å². The van der Waals surface area contributed by atoms with Gasteiger partial charge in [0.05, 0.1) is 17.6 Å². The predicted octanol–water partition coefficient (Wildman–Crippen LogP) is 2.41. The fourth-order valence-corrected chi connectivity index (χ4v) is 2.80. The van der Waals surface area contributed by atoms with Crippen molar-refractivity contribution in [3.05, 3.63) is 29.8 Å². The highest BCUT2D eigenvalue weighted by Crippen LogP contribution is 2.31. The van der Waals surface area contributed by atoms with Crippen molar-refractivity contribution in [1.82, 2.24) is 0 Å². The zero-order valence-corrected chi connectivity index (χ0v) is 12.0. The number of aliphatic carboxylic acids is 1. The maximum absolute atomic E-state index is 12.5. The highest BCUT2D eigenvalue weighted by molar-refractivity contribution is 5.94. The summed E-state index contributed by atoms with van der Waals surface area (Å²) in [7, 11) is 1.69. The lowest BCUT2D eigenvalue weighted by molar-refractivity contribution is -0.143. The number of carbonyl (C=O) groups is 2. The number of rotatable bonds is 3. The van der Waals surface area contributed by atoms with Gasteiger partial charge >= 0.3 is 5.97 Å². The Hall–Kier alpha value is -2.35. The smallest absolute Gasteiger partial charge is 0.306 e. The number of benzene rings is 1. The lowest BCUT2D eigenvalue weighted by Gasteiger charge is -2.29. The fraction of sp³-hybridized carbons (Fsp3) is 0.438. The van der Waals surface area contributed by atoms with Gasteiger partial charge in [-0.2, -0.15) is 5.26 Å². The van der Waals surface area contributed by atoms with Crippen LogP contribution in [0.2, 0.25) is 0 Å². The minimum Gasteiger partial charge on any atom is -0.481 e. The molecule has 0 spiro atoms. The third kappa shape index (κ3) is 3.40. The molecule has 110 valence electrons. The monoisotopic (exact) mass is 286 g/mol. The number of carboxylic acid groups (broad SMARTS) is 1. The lowest BCUT2D eigenvalue weighted by Crippen LogP contribution is -2.36. The Morgan fingerprint density at radius 2 is 1.86 bits per heavy atom. The van der Waals surface area contributed by atoms with Gasteiger partial charge in [0.1, 0.15) is 0 Å². The molecule has 2 unspecified atom stereocenters. The largest absolute Gasteiger partial charge is 0.481 e. The van der Waals surface area contributed by atoms with Gasteiger partial charge in [-0.15, -0.1) is 0 Å². The van der Waals surface area contributed by atoms with E-state index in [2.05, 4.69) is 0 Å². The number of carboxylic acids is 1. The number of hydrogen-bond acceptors (Lipinski definition) is 3. The first-order chi connectivity index (χ1) is 10.0. The minimum absolute atomic E-state index is 0.0503. The van der Waals surface area contributed by atoms with Gasteiger partial charge in [-0.3, -0.25) is 9.59 Å². The van der Waals surface area contributed by atoms with Gasteiger partial charge in [-0.1, -0.05) is 6.42 Å². The van der Waals surface area contributed by atoms with Crippen molar-refractivity contribution >= 4 is 17.6 Å². The molecule has 0 aliphatic heterocycles. The maximum Gasteiger partial charge on any atom is 0.306 e. The van der Waals surface area contributed by atoms with E-state index in [-0.39, 0.29) is 11.8 Å². The summed E-state index contributed by atoms with van der Waals surface area (Å²) in [6, 6.07) is 8.83. The molecule has 5 heteroatoms. The molecule has 1 aromatic rings. The summed E-state index contributed by atoms with van der Waals surface area (Å²) < 4.78 is 0.